The van der Waals surface area contributed by atoms with E-state index in [-0.39, 0.29) is 0 Å². The molecule has 1 aromatic rings. The predicted molar refractivity (Wildman–Crippen MR) is 88.9 cm³/mol. The second-order valence-electron chi connectivity index (χ2n) is 5.61. The van der Waals surface area contributed by atoms with Crippen LogP contribution < -0.4 is 5.32 Å². The van der Waals surface area contributed by atoms with Crippen molar-refractivity contribution in [3.63, 3.8) is 0 Å². The number of hydrogen-bond acceptors (Lipinski definition) is 4. The van der Waals surface area contributed by atoms with Gasteiger partial charge in [0.25, 0.3) is 0 Å². The molecular formula is C17H27NO2S. The molecule has 0 amide bonds. The Bertz CT molecular complexity index is 368. The highest BCUT2D eigenvalue weighted by molar-refractivity contribution is 7.99. The summed E-state index contributed by atoms with van der Waals surface area (Å²) in [5, 5.41) is 13.2. The Hall–Kier alpha value is -0.550. The molecule has 0 radical (unpaired) electrons. The summed E-state index contributed by atoms with van der Waals surface area (Å²) in [6.07, 6.45) is 6.19. The molecule has 3 nitrogen and oxygen atoms in total. The molecule has 0 spiro atoms. The number of thioether (sulfide) groups is 1. The molecule has 1 fully saturated rings. The van der Waals surface area contributed by atoms with E-state index in [0.717, 1.165) is 25.1 Å². The molecule has 1 unspecified atom stereocenters. The van der Waals surface area contributed by atoms with E-state index in [9.17, 15) is 5.11 Å². The second-order valence-corrected chi connectivity index (χ2v) is 6.78. The summed E-state index contributed by atoms with van der Waals surface area (Å²) in [6, 6.07) is 10.4. The fraction of sp³-hybridized carbons (Fsp3) is 0.647. The normalized spacial score (nSPS) is 17.8. The molecule has 0 bridgehead atoms. The van der Waals surface area contributed by atoms with Crippen LogP contribution in [0.5, 0.6) is 0 Å². The van der Waals surface area contributed by atoms with Gasteiger partial charge in [-0.25, -0.2) is 0 Å². The SMILES string of the molecule is OC(CNCCSc1ccccc1)COC1CCCCC1. The van der Waals surface area contributed by atoms with Crippen LogP contribution in [0.4, 0.5) is 0 Å². The van der Waals surface area contributed by atoms with Crippen molar-refractivity contribution in [3.8, 4) is 0 Å². The van der Waals surface area contributed by atoms with Crippen molar-refractivity contribution in [1.29, 1.82) is 0 Å². The summed E-state index contributed by atoms with van der Waals surface area (Å²) >= 11 is 1.83. The van der Waals surface area contributed by atoms with Crippen molar-refractivity contribution in [2.45, 2.75) is 49.2 Å². The Morgan fingerprint density at radius 1 is 1.19 bits per heavy atom. The number of nitrogens with one attached hydrogen (secondary N) is 1. The quantitative estimate of drug-likeness (QED) is 0.543. The van der Waals surface area contributed by atoms with Gasteiger partial charge in [-0.3, -0.25) is 0 Å². The minimum Gasteiger partial charge on any atom is -0.389 e. The lowest BCUT2D eigenvalue weighted by Gasteiger charge is -2.23. The molecule has 1 aliphatic carbocycles. The molecular weight excluding hydrogens is 282 g/mol. The largest absolute Gasteiger partial charge is 0.389 e. The Labute approximate surface area is 132 Å². The van der Waals surface area contributed by atoms with Gasteiger partial charge in [0.15, 0.2) is 0 Å². The number of benzene rings is 1. The lowest BCUT2D eigenvalue weighted by atomic mass is 9.98. The highest BCUT2D eigenvalue weighted by Gasteiger charge is 2.15. The van der Waals surface area contributed by atoms with Crippen molar-refractivity contribution < 1.29 is 9.84 Å². The van der Waals surface area contributed by atoms with Gasteiger partial charge in [-0.1, -0.05) is 37.5 Å². The van der Waals surface area contributed by atoms with E-state index in [4.69, 9.17) is 4.74 Å². The molecule has 1 atom stereocenters. The van der Waals surface area contributed by atoms with Crippen LogP contribution in [0.15, 0.2) is 35.2 Å². The first-order valence-corrected chi connectivity index (χ1v) is 9.01. The monoisotopic (exact) mass is 309 g/mol. The molecule has 1 aliphatic rings. The fourth-order valence-electron chi connectivity index (χ4n) is 2.56. The van der Waals surface area contributed by atoms with Gasteiger partial charge in [0, 0.05) is 23.7 Å². The summed E-state index contributed by atoms with van der Waals surface area (Å²) in [6.45, 7) is 1.98. The molecule has 118 valence electrons. The molecule has 0 saturated heterocycles. The number of aliphatic hydroxyl groups excluding tert-OH is 1. The molecule has 0 aliphatic heterocycles. The van der Waals surface area contributed by atoms with Gasteiger partial charge in [-0.15, -0.1) is 11.8 Å². The maximum atomic E-state index is 9.90. The third-order valence-corrected chi connectivity index (χ3v) is 4.76. The standard InChI is InChI=1S/C17H27NO2S/c19-15(14-20-16-7-3-1-4-8-16)13-18-11-12-21-17-9-5-2-6-10-17/h2,5-6,9-10,15-16,18-19H,1,3-4,7-8,11-14H2. The van der Waals surface area contributed by atoms with E-state index in [1.165, 1.54) is 24.2 Å². The Morgan fingerprint density at radius 3 is 2.71 bits per heavy atom. The highest BCUT2D eigenvalue weighted by atomic mass is 32.2. The topological polar surface area (TPSA) is 41.5 Å². The van der Waals surface area contributed by atoms with E-state index in [2.05, 4.69) is 29.6 Å². The van der Waals surface area contributed by atoms with Gasteiger partial charge in [-0.05, 0) is 25.0 Å². The van der Waals surface area contributed by atoms with Crippen LogP contribution in [0.3, 0.4) is 0 Å². The number of hydrogen-bond donors (Lipinski definition) is 2. The molecule has 0 aromatic heterocycles. The summed E-state index contributed by atoms with van der Waals surface area (Å²) in [4.78, 5) is 1.29. The van der Waals surface area contributed by atoms with Crippen molar-refractivity contribution in [3.05, 3.63) is 30.3 Å². The molecule has 1 aromatic carbocycles. The molecule has 21 heavy (non-hydrogen) atoms. The van der Waals surface area contributed by atoms with Crippen LogP contribution in [-0.2, 0) is 4.74 Å². The van der Waals surface area contributed by atoms with E-state index in [0.29, 0.717) is 19.3 Å². The van der Waals surface area contributed by atoms with Crippen LogP contribution in [0.25, 0.3) is 0 Å². The minimum absolute atomic E-state index is 0.377. The Morgan fingerprint density at radius 2 is 1.95 bits per heavy atom. The summed E-state index contributed by atoms with van der Waals surface area (Å²) in [5.74, 6) is 1.01. The second kappa shape index (κ2) is 10.2. The molecule has 4 heteroatoms. The lowest BCUT2D eigenvalue weighted by Crippen LogP contribution is -2.33. The third kappa shape index (κ3) is 7.32. The average Bonchev–Trinajstić information content (AvgIpc) is 2.54. The molecule has 1 saturated carbocycles. The lowest BCUT2D eigenvalue weighted by molar-refractivity contribution is -0.0227. The number of ether oxygens (including phenoxy) is 1. The van der Waals surface area contributed by atoms with E-state index in [1.807, 2.05) is 17.8 Å². The Kier molecular flexibility index (Phi) is 8.18. The summed E-state index contributed by atoms with van der Waals surface area (Å²) < 4.78 is 5.78. The van der Waals surface area contributed by atoms with Gasteiger partial charge >= 0.3 is 0 Å². The van der Waals surface area contributed by atoms with Gasteiger partial charge < -0.3 is 15.2 Å². The van der Waals surface area contributed by atoms with E-state index in [1.54, 1.807) is 0 Å². The first-order chi connectivity index (χ1) is 10.3. The van der Waals surface area contributed by atoms with Crippen molar-refractivity contribution in [1.82, 2.24) is 5.32 Å². The van der Waals surface area contributed by atoms with Crippen molar-refractivity contribution in [2.24, 2.45) is 0 Å². The van der Waals surface area contributed by atoms with Gasteiger partial charge in [0.2, 0.25) is 0 Å². The number of rotatable bonds is 9. The van der Waals surface area contributed by atoms with Crippen LogP contribution in [-0.4, -0.2) is 42.8 Å². The zero-order valence-corrected chi connectivity index (χ0v) is 13.5. The zero-order chi connectivity index (χ0) is 14.8. The highest BCUT2D eigenvalue weighted by Crippen LogP contribution is 2.20. The Balaban J connectivity index is 1.46. The van der Waals surface area contributed by atoms with E-state index < -0.39 is 6.10 Å². The van der Waals surface area contributed by atoms with Crippen LogP contribution >= 0.6 is 11.8 Å². The third-order valence-electron chi connectivity index (χ3n) is 3.75. The molecule has 0 heterocycles. The van der Waals surface area contributed by atoms with Crippen molar-refractivity contribution in [2.75, 3.05) is 25.4 Å². The van der Waals surface area contributed by atoms with Crippen LogP contribution in [0.2, 0.25) is 0 Å². The maximum Gasteiger partial charge on any atom is 0.0897 e. The van der Waals surface area contributed by atoms with Gasteiger partial charge in [0.05, 0.1) is 18.8 Å². The zero-order valence-electron chi connectivity index (χ0n) is 12.7. The first-order valence-electron chi connectivity index (χ1n) is 8.03. The first kappa shape index (κ1) is 16.8. The van der Waals surface area contributed by atoms with Gasteiger partial charge in [0.1, 0.15) is 0 Å². The summed E-state index contributed by atoms with van der Waals surface area (Å²) in [7, 11) is 0. The van der Waals surface area contributed by atoms with Crippen molar-refractivity contribution >= 4 is 11.8 Å². The number of aliphatic hydroxyl groups is 1. The predicted octanol–water partition coefficient (Wildman–Crippen LogP) is 3.08. The van der Waals surface area contributed by atoms with Crippen LogP contribution in [0.1, 0.15) is 32.1 Å². The summed E-state index contributed by atoms with van der Waals surface area (Å²) in [5.41, 5.74) is 0. The molecule has 2 rings (SSSR count). The average molecular weight is 309 g/mol. The molecule has 2 N–H and O–H groups in total. The fourth-order valence-corrected chi connectivity index (χ4v) is 3.40. The maximum absolute atomic E-state index is 9.90. The minimum atomic E-state index is -0.395. The smallest absolute Gasteiger partial charge is 0.0897 e. The van der Waals surface area contributed by atoms with Gasteiger partial charge in [-0.2, -0.15) is 0 Å². The van der Waals surface area contributed by atoms with E-state index >= 15 is 0 Å². The van der Waals surface area contributed by atoms with Crippen LogP contribution in [0, 0.1) is 0 Å².